The van der Waals surface area contributed by atoms with Gasteiger partial charge in [0, 0.05) is 5.69 Å². The summed E-state index contributed by atoms with van der Waals surface area (Å²) in [6.07, 6.45) is -0.151. The Morgan fingerprint density at radius 3 is 2.14 bits per heavy atom. The molecule has 0 saturated carbocycles. The number of hydrogen-bond acceptors (Lipinski definition) is 6. The molecule has 0 spiro atoms. The van der Waals surface area contributed by atoms with Crippen LogP contribution in [-0.4, -0.2) is 42.7 Å². The fourth-order valence-electron chi connectivity index (χ4n) is 4.18. The molecule has 5 amide bonds. The third-order valence-electron chi connectivity index (χ3n) is 6.28. The number of amides is 5. The maximum Gasteiger partial charge on any atom is 0.319 e. The SMILES string of the molecule is COc1ccc(NC(=O)N[C@@H](CC(=O)N[C@H](C(=O)[C@@H]2C(=O)NC(=O)[C@H]2C)C(C)C)c2ccccc2)cc1. The molecule has 0 radical (unpaired) electrons. The van der Waals surface area contributed by atoms with Crippen molar-refractivity contribution in [3.63, 3.8) is 0 Å². The van der Waals surface area contributed by atoms with Crippen molar-refractivity contribution in [2.24, 2.45) is 17.8 Å². The van der Waals surface area contributed by atoms with Gasteiger partial charge in [-0.25, -0.2) is 4.79 Å². The van der Waals surface area contributed by atoms with Gasteiger partial charge in [0.2, 0.25) is 17.7 Å². The number of ether oxygens (including phenoxy) is 1. The van der Waals surface area contributed by atoms with Crippen molar-refractivity contribution in [1.82, 2.24) is 16.0 Å². The maximum atomic E-state index is 13.2. The van der Waals surface area contributed by atoms with Gasteiger partial charge in [0.15, 0.2) is 5.78 Å². The number of hydrogen-bond donors (Lipinski definition) is 4. The molecule has 1 fully saturated rings. The molecule has 4 atom stereocenters. The van der Waals surface area contributed by atoms with Gasteiger partial charge in [0.25, 0.3) is 0 Å². The Labute approximate surface area is 215 Å². The van der Waals surface area contributed by atoms with Gasteiger partial charge in [0.05, 0.1) is 31.5 Å². The van der Waals surface area contributed by atoms with Crippen LogP contribution < -0.4 is 26.0 Å². The van der Waals surface area contributed by atoms with E-state index < -0.39 is 53.5 Å². The molecule has 10 nitrogen and oxygen atoms in total. The lowest BCUT2D eigenvalue weighted by atomic mass is 9.85. The Kier molecular flexibility index (Phi) is 9.00. The topological polar surface area (TPSA) is 143 Å². The van der Waals surface area contributed by atoms with Crippen LogP contribution in [0, 0.1) is 17.8 Å². The van der Waals surface area contributed by atoms with Crippen molar-refractivity contribution in [1.29, 1.82) is 0 Å². The molecule has 37 heavy (non-hydrogen) atoms. The monoisotopic (exact) mass is 508 g/mol. The minimum atomic E-state index is -1.15. The molecule has 1 saturated heterocycles. The van der Waals surface area contributed by atoms with Crippen LogP contribution in [0.5, 0.6) is 5.75 Å². The molecular formula is C27H32N4O6. The highest BCUT2D eigenvalue weighted by Crippen LogP contribution is 2.24. The number of Topliss-reactive ketones (excluding diaryl/α,β-unsaturated/α-hetero) is 1. The van der Waals surface area contributed by atoms with E-state index in [-0.39, 0.29) is 12.3 Å². The molecule has 2 aromatic rings. The Morgan fingerprint density at radius 2 is 1.59 bits per heavy atom. The minimum Gasteiger partial charge on any atom is -0.497 e. The fraction of sp³-hybridized carbons (Fsp3) is 0.370. The van der Waals surface area contributed by atoms with Crippen molar-refractivity contribution in [2.75, 3.05) is 12.4 Å². The van der Waals surface area contributed by atoms with Crippen molar-refractivity contribution in [3.05, 3.63) is 60.2 Å². The lowest BCUT2D eigenvalue weighted by Crippen LogP contribution is -2.49. The zero-order valence-electron chi connectivity index (χ0n) is 21.2. The van der Waals surface area contributed by atoms with Crippen molar-refractivity contribution < 1.29 is 28.7 Å². The smallest absolute Gasteiger partial charge is 0.319 e. The lowest BCUT2D eigenvalue weighted by molar-refractivity contribution is -0.137. The first-order valence-electron chi connectivity index (χ1n) is 12.0. The lowest BCUT2D eigenvalue weighted by Gasteiger charge is -2.26. The number of benzene rings is 2. The van der Waals surface area contributed by atoms with Gasteiger partial charge in [-0.1, -0.05) is 51.1 Å². The predicted molar refractivity (Wildman–Crippen MR) is 137 cm³/mol. The molecule has 0 unspecified atom stereocenters. The zero-order valence-corrected chi connectivity index (χ0v) is 21.2. The second kappa shape index (κ2) is 12.2. The summed E-state index contributed by atoms with van der Waals surface area (Å²) in [6.45, 7) is 5.01. The molecule has 0 bridgehead atoms. The molecule has 10 heteroatoms. The summed E-state index contributed by atoms with van der Waals surface area (Å²) < 4.78 is 5.12. The van der Waals surface area contributed by atoms with Gasteiger partial charge < -0.3 is 20.7 Å². The third kappa shape index (κ3) is 6.93. The fourth-order valence-corrected chi connectivity index (χ4v) is 4.18. The van der Waals surface area contributed by atoms with E-state index in [1.54, 1.807) is 69.5 Å². The number of anilines is 1. The second-order valence-electron chi connectivity index (χ2n) is 9.31. The Hall–Kier alpha value is -4.21. The number of carbonyl (C=O) groups is 5. The Balaban J connectivity index is 1.71. The molecule has 3 rings (SSSR count). The first kappa shape index (κ1) is 27.4. The van der Waals surface area contributed by atoms with Gasteiger partial charge in [-0.3, -0.25) is 24.5 Å². The van der Waals surface area contributed by atoms with E-state index in [4.69, 9.17) is 4.74 Å². The zero-order chi connectivity index (χ0) is 27.1. The Bertz CT molecular complexity index is 1150. The largest absolute Gasteiger partial charge is 0.497 e. The molecule has 1 aliphatic rings. The summed E-state index contributed by atoms with van der Waals surface area (Å²) in [5.41, 5.74) is 1.24. The molecule has 1 heterocycles. The van der Waals surface area contributed by atoms with Crippen LogP contribution in [0.25, 0.3) is 0 Å². The summed E-state index contributed by atoms with van der Waals surface area (Å²) in [7, 11) is 1.55. The van der Waals surface area contributed by atoms with E-state index >= 15 is 0 Å². The van der Waals surface area contributed by atoms with Gasteiger partial charge in [-0.05, 0) is 35.7 Å². The number of rotatable bonds is 10. The summed E-state index contributed by atoms with van der Waals surface area (Å²) in [6, 6.07) is 13.6. The summed E-state index contributed by atoms with van der Waals surface area (Å²) in [5.74, 6) is -3.79. The van der Waals surface area contributed by atoms with Crippen molar-refractivity contribution >= 4 is 35.2 Å². The van der Waals surface area contributed by atoms with Crippen molar-refractivity contribution in [2.45, 2.75) is 39.3 Å². The molecular weight excluding hydrogens is 476 g/mol. The number of carbonyl (C=O) groups excluding carboxylic acids is 5. The normalized spacial score (nSPS) is 18.5. The highest BCUT2D eigenvalue weighted by atomic mass is 16.5. The van der Waals surface area contributed by atoms with Crippen LogP contribution in [0.2, 0.25) is 0 Å². The predicted octanol–water partition coefficient (Wildman–Crippen LogP) is 2.57. The number of ketones is 1. The van der Waals surface area contributed by atoms with Crippen molar-refractivity contribution in [3.8, 4) is 5.75 Å². The minimum absolute atomic E-state index is 0.151. The molecule has 1 aliphatic heterocycles. The molecule has 4 N–H and O–H groups in total. The van der Waals surface area contributed by atoms with E-state index in [1.165, 1.54) is 6.92 Å². The number of urea groups is 1. The van der Waals surface area contributed by atoms with Gasteiger partial charge in [0.1, 0.15) is 11.7 Å². The van der Waals surface area contributed by atoms with Crippen LogP contribution >= 0.6 is 0 Å². The van der Waals surface area contributed by atoms with Crippen LogP contribution in [0.3, 0.4) is 0 Å². The van der Waals surface area contributed by atoms with Gasteiger partial charge >= 0.3 is 6.03 Å². The summed E-state index contributed by atoms with van der Waals surface area (Å²) >= 11 is 0. The molecule has 196 valence electrons. The molecule has 0 aromatic heterocycles. The summed E-state index contributed by atoms with van der Waals surface area (Å²) in [4.78, 5) is 63.0. The van der Waals surface area contributed by atoms with E-state index in [2.05, 4.69) is 21.3 Å². The second-order valence-corrected chi connectivity index (χ2v) is 9.31. The number of imide groups is 1. The van der Waals surface area contributed by atoms with Crippen LogP contribution in [-0.2, 0) is 19.2 Å². The average molecular weight is 509 g/mol. The Morgan fingerprint density at radius 1 is 0.946 bits per heavy atom. The molecule has 0 aliphatic carbocycles. The van der Waals surface area contributed by atoms with Crippen LogP contribution in [0.15, 0.2) is 54.6 Å². The van der Waals surface area contributed by atoms with Gasteiger partial charge in [-0.2, -0.15) is 0 Å². The maximum absolute atomic E-state index is 13.2. The highest BCUT2D eigenvalue weighted by molar-refractivity contribution is 6.16. The standard InChI is InChI=1S/C27H32N4O6/c1-15(2)23(24(33)22-16(3)25(34)31-26(22)35)30-21(32)14-20(17-8-6-5-7-9-17)29-27(36)28-18-10-12-19(37-4)13-11-18/h5-13,15-16,20,22-23H,14H2,1-4H3,(H,30,32)(H2,28,29,36)(H,31,34,35)/t16-,20-,22+,23-/m0/s1. The molecule has 2 aromatic carbocycles. The first-order chi connectivity index (χ1) is 17.6. The van der Waals surface area contributed by atoms with E-state index in [0.717, 1.165) is 0 Å². The quantitative estimate of drug-likeness (QED) is 0.287. The van der Waals surface area contributed by atoms with E-state index in [0.29, 0.717) is 17.0 Å². The number of nitrogens with one attached hydrogen (secondary N) is 4. The third-order valence-corrected chi connectivity index (χ3v) is 6.28. The first-order valence-corrected chi connectivity index (χ1v) is 12.0. The van der Waals surface area contributed by atoms with E-state index in [9.17, 15) is 24.0 Å². The average Bonchev–Trinajstić information content (AvgIpc) is 3.13. The number of methoxy groups -OCH3 is 1. The van der Waals surface area contributed by atoms with Gasteiger partial charge in [-0.15, -0.1) is 0 Å². The van der Waals surface area contributed by atoms with Crippen LogP contribution in [0.1, 0.15) is 38.8 Å². The summed E-state index contributed by atoms with van der Waals surface area (Å²) in [5, 5.41) is 10.4. The van der Waals surface area contributed by atoms with E-state index in [1.807, 2.05) is 6.07 Å². The van der Waals surface area contributed by atoms with Crippen LogP contribution in [0.4, 0.5) is 10.5 Å². The highest BCUT2D eigenvalue weighted by Gasteiger charge is 2.46.